The summed E-state index contributed by atoms with van der Waals surface area (Å²) in [7, 11) is 1.36. The molecule has 37 heavy (non-hydrogen) atoms. The monoisotopic (exact) mass is 520 g/mol. The minimum Gasteiger partial charge on any atom is -0.494 e. The number of halogens is 2. The van der Waals surface area contributed by atoms with E-state index in [9.17, 15) is 18.4 Å². The van der Waals surface area contributed by atoms with Gasteiger partial charge >= 0.3 is 0 Å². The van der Waals surface area contributed by atoms with Crippen molar-refractivity contribution in [3.63, 3.8) is 0 Å². The second-order valence-electron chi connectivity index (χ2n) is 8.05. The molecule has 1 amide bonds. The molecule has 0 unspecified atom stereocenters. The number of pyridine rings is 3. The van der Waals surface area contributed by atoms with Crippen LogP contribution in [0.5, 0.6) is 5.75 Å². The SMILES string of the molecule is COc1cnc(C(F)F)cc1-c1cc(-c2ccc[nH]c2=O)ncc1C(=O)Nc1nnc(C#CC2CC2)s1. The van der Waals surface area contributed by atoms with Gasteiger partial charge in [-0.3, -0.25) is 24.9 Å². The van der Waals surface area contributed by atoms with Gasteiger partial charge < -0.3 is 9.72 Å². The van der Waals surface area contributed by atoms with Crippen LogP contribution in [0.4, 0.5) is 13.9 Å². The van der Waals surface area contributed by atoms with E-state index in [0.29, 0.717) is 10.9 Å². The fraction of sp³-hybridized carbons (Fsp3) is 0.200. The first-order valence-corrected chi connectivity index (χ1v) is 11.9. The van der Waals surface area contributed by atoms with Gasteiger partial charge in [0.2, 0.25) is 5.13 Å². The van der Waals surface area contributed by atoms with Crippen LogP contribution in [0, 0.1) is 17.8 Å². The van der Waals surface area contributed by atoms with Crippen LogP contribution in [0.3, 0.4) is 0 Å². The quantitative estimate of drug-likeness (QED) is 0.363. The average molecular weight is 521 g/mol. The smallest absolute Gasteiger partial charge is 0.280 e. The number of hydrogen-bond acceptors (Lipinski definition) is 8. The van der Waals surface area contributed by atoms with E-state index in [1.165, 1.54) is 25.6 Å². The Balaban J connectivity index is 1.58. The topological polar surface area (TPSA) is 123 Å². The number of carbonyl (C=O) groups excluding carboxylic acids is 1. The second-order valence-corrected chi connectivity index (χ2v) is 9.03. The van der Waals surface area contributed by atoms with Crippen LogP contribution < -0.4 is 15.6 Å². The number of aromatic amines is 1. The molecule has 0 aliphatic heterocycles. The van der Waals surface area contributed by atoms with Crippen molar-refractivity contribution in [2.75, 3.05) is 12.4 Å². The number of alkyl halides is 2. The Bertz CT molecular complexity index is 1600. The highest BCUT2D eigenvalue weighted by molar-refractivity contribution is 7.15. The molecule has 4 heterocycles. The molecule has 4 aromatic rings. The molecule has 12 heteroatoms. The summed E-state index contributed by atoms with van der Waals surface area (Å²) in [6.45, 7) is 0. The molecule has 0 atom stereocenters. The van der Waals surface area contributed by atoms with Crippen LogP contribution in [0.2, 0.25) is 0 Å². The highest BCUT2D eigenvalue weighted by Gasteiger charge is 2.22. The molecule has 186 valence electrons. The van der Waals surface area contributed by atoms with E-state index in [-0.39, 0.29) is 38.8 Å². The summed E-state index contributed by atoms with van der Waals surface area (Å²) in [6, 6.07) is 5.80. The van der Waals surface area contributed by atoms with Gasteiger partial charge in [-0.15, -0.1) is 10.2 Å². The summed E-state index contributed by atoms with van der Waals surface area (Å²) < 4.78 is 32.3. The fourth-order valence-electron chi connectivity index (χ4n) is 3.46. The van der Waals surface area contributed by atoms with Crippen molar-refractivity contribution in [2.45, 2.75) is 19.3 Å². The molecular formula is C25H18F2N6O3S. The first-order valence-electron chi connectivity index (χ1n) is 11.1. The zero-order chi connectivity index (χ0) is 25.9. The number of carbonyl (C=O) groups is 1. The largest absolute Gasteiger partial charge is 0.494 e. The fourth-order valence-corrected chi connectivity index (χ4v) is 4.06. The minimum absolute atomic E-state index is 0.0432. The van der Waals surface area contributed by atoms with Gasteiger partial charge in [-0.05, 0) is 43.0 Å². The van der Waals surface area contributed by atoms with Crippen LogP contribution in [0.25, 0.3) is 22.4 Å². The summed E-state index contributed by atoms with van der Waals surface area (Å²) in [6.07, 6.45) is 3.19. The summed E-state index contributed by atoms with van der Waals surface area (Å²) in [5, 5.41) is 11.3. The Morgan fingerprint density at radius 2 is 2.03 bits per heavy atom. The number of methoxy groups -OCH3 is 1. The number of ether oxygens (including phenoxy) is 1. The first kappa shape index (κ1) is 24.2. The molecule has 2 N–H and O–H groups in total. The maximum absolute atomic E-state index is 13.5. The van der Waals surface area contributed by atoms with Crippen molar-refractivity contribution >= 4 is 22.4 Å². The van der Waals surface area contributed by atoms with Gasteiger partial charge in [0, 0.05) is 29.4 Å². The third kappa shape index (κ3) is 5.36. The van der Waals surface area contributed by atoms with E-state index in [1.807, 2.05) is 0 Å². The predicted octanol–water partition coefficient (Wildman–Crippen LogP) is 4.31. The minimum atomic E-state index is -2.85. The molecule has 1 aliphatic carbocycles. The number of hydrogen-bond donors (Lipinski definition) is 2. The first-order chi connectivity index (χ1) is 17.9. The number of amides is 1. The molecule has 1 saturated carbocycles. The Morgan fingerprint density at radius 3 is 2.76 bits per heavy atom. The van der Waals surface area contributed by atoms with Gasteiger partial charge in [0.25, 0.3) is 17.9 Å². The Labute approximate surface area is 213 Å². The molecular weight excluding hydrogens is 502 g/mol. The van der Waals surface area contributed by atoms with Crippen molar-refractivity contribution in [1.82, 2.24) is 25.1 Å². The third-order valence-corrected chi connectivity index (χ3v) is 6.23. The molecule has 0 bridgehead atoms. The van der Waals surface area contributed by atoms with Gasteiger partial charge in [-0.2, -0.15) is 0 Å². The van der Waals surface area contributed by atoms with Crippen molar-refractivity contribution in [2.24, 2.45) is 5.92 Å². The van der Waals surface area contributed by atoms with Crippen LogP contribution in [-0.4, -0.2) is 38.2 Å². The van der Waals surface area contributed by atoms with Crippen LogP contribution in [0.15, 0.2) is 47.7 Å². The van der Waals surface area contributed by atoms with E-state index >= 15 is 0 Å². The van der Waals surface area contributed by atoms with Crippen molar-refractivity contribution in [1.29, 1.82) is 0 Å². The lowest BCUT2D eigenvalue weighted by Gasteiger charge is -2.15. The van der Waals surface area contributed by atoms with Crippen molar-refractivity contribution in [3.8, 4) is 40.0 Å². The van der Waals surface area contributed by atoms with E-state index in [2.05, 4.69) is 42.3 Å². The second kappa shape index (κ2) is 10.2. The maximum atomic E-state index is 13.5. The lowest BCUT2D eigenvalue weighted by Crippen LogP contribution is -2.15. The predicted molar refractivity (Wildman–Crippen MR) is 132 cm³/mol. The number of anilines is 1. The van der Waals surface area contributed by atoms with Crippen LogP contribution in [-0.2, 0) is 0 Å². The summed E-state index contributed by atoms with van der Waals surface area (Å²) in [5.74, 6) is 5.97. The lowest BCUT2D eigenvalue weighted by atomic mass is 9.98. The lowest BCUT2D eigenvalue weighted by molar-refractivity contribution is 0.102. The Morgan fingerprint density at radius 1 is 1.19 bits per heavy atom. The van der Waals surface area contributed by atoms with Crippen LogP contribution >= 0.6 is 11.3 Å². The average Bonchev–Trinajstić information content (AvgIpc) is 3.64. The molecule has 0 spiro atoms. The summed E-state index contributed by atoms with van der Waals surface area (Å²) in [4.78, 5) is 36.3. The third-order valence-electron chi connectivity index (χ3n) is 5.47. The zero-order valence-corrected chi connectivity index (χ0v) is 20.1. The van der Waals surface area contributed by atoms with Crippen molar-refractivity contribution in [3.05, 3.63) is 69.5 Å². The molecule has 0 radical (unpaired) electrons. The Kier molecular flexibility index (Phi) is 6.70. The molecule has 1 fully saturated rings. The molecule has 0 aromatic carbocycles. The van der Waals surface area contributed by atoms with Gasteiger partial charge in [0.15, 0.2) is 5.01 Å². The molecule has 1 aliphatic rings. The molecule has 5 rings (SSSR count). The van der Waals surface area contributed by atoms with Gasteiger partial charge in [-0.25, -0.2) is 8.78 Å². The van der Waals surface area contributed by atoms with E-state index in [4.69, 9.17) is 4.74 Å². The van der Waals surface area contributed by atoms with E-state index < -0.39 is 23.6 Å². The van der Waals surface area contributed by atoms with Crippen LogP contribution in [0.1, 0.15) is 40.3 Å². The van der Waals surface area contributed by atoms with Gasteiger partial charge in [0.05, 0.1) is 30.1 Å². The number of rotatable bonds is 6. The van der Waals surface area contributed by atoms with E-state index in [0.717, 1.165) is 36.4 Å². The number of nitrogens with one attached hydrogen (secondary N) is 2. The normalized spacial score (nSPS) is 12.6. The molecule has 9 nitrogen and oxygen atoms in total. The molecule has 0 saturated heterocycles. The maximum Gasteiger partial charge on any atom is 0.280 e. The summed E-state index contributed by atoms with van der Waals surface area (Å²) in [5.41, 5.74) is 0.0112. The Hall–Kier alpha value is -4.50. The van der Waals surface area contributed by atoms with Gasteiger partial charge in [0.1, 0.15) is 11.4 Å². The highest BCUT2D eigenvalue weighted by Crippen LogP contribution is 2.36. The number of H-pyrrole nitrogens is 1. The van der Waals surface area contributed by atoms with E-state index in [1.54, 1.807) is 12.1 Å². The standard InChI is InChI=1S/C25H18F2N6O3S/c1-36-20-12-30-19(22(26)27)10-16(20)15-9-18(14-3-2-8-28-23(14)34)29-11-17(15)24(35)31-25-33-32-21(37-25)7-6-13-4-5-13/h2-3,8-13,22H,4-5H2,1H3,(H,28,34)(H,31,33,35). The highest BCUT2D eigenvalue weighted by atomic mass is 32.1. The number of nitrogens with zero attached hydrogens (tertiary/aromatic N) is 4. The van der Waals surface area contributed by atoms with Crippen molar-refractivity contribution < 1.29 is 18.3 Å². The molecule has 4 aromatic heterocycles. The summed E-state index contributed by atoms with van der Waals surface area (Å²) >= 11 is 1.12. The van der Waals surface area contributed by atoms with Gasteiger partial charge in [-0.1, -0.05) is 17.3 Å². The number of aromatic nitrogens is 5. The zero-order valence-electron chi connectivity index (χ0n) is 19.3.